The van der Waals surface area contributed by atoms with Crippen LogP contribution in [0.1, 0.15) is 26.3 Å². The number of fused-ring (bicyclic) bond motifs is 1. The molecular formula is C10H16N4O. The zero-order chi connectivity index (χ0) is 11.4. The molecule has 0 aromatic carbocycles. The van der Waals surface area contributed by atoms with Crippen molar-refractivity contribution in [2.75, 3.05) is 5.73 Å². The summed E-state index contributed by atoms with van der Waals surface area (Å²) in [6.07, 6.45) is 2.58. The molecule has 0 unspecified atom stereocenters. The van der Waals surface area contributed by atoms with Crippen molar-refractivity contribution in [3.63, 3.8) is 0 Å². The van der Waals surface area contributed by atoms with E-state index in [4.69, 9.17) is 5.73 Å². The standard InChI is InChI=1S/C8H10N4O.C2H6/c1-2-4-3-10-6-5(4)7(13)12-8(9)11-6;1-2/h3H,2H2,1H3,(H4,9,10,11,12,13);1-2H3. The summed E-state index contributed by atoms with van der Waals surface area (Å²) in [6, 6.07) is 0. The molecule has 0 fully saturated rings. The van der Waals surface area contributed by atoms with E-state index in [0.29, 0.717) is 11.0 Å². The maximum Gasteiger partial charge on any atom is 0.262 e. The van der Waals surface area contributed by atoms with Crippen LogP contribution in [-0.4, -0.2) is 15.0 Å². The lowest BCUT2D eigenvalue weighted by atomic mass is 10.2. The van der Waals surface area contributed by atoms with Gasteiger partial charge < -0.3 is 10.7 Å². The van der Waals surface area contributed by atoms with Crippen molar-refractivity contribution in [1.29, 1.82) is 0 Å². The van der Waals surface area contributed by atoms with Gasteiger partial charge in [-0.25, -0.2) is 0 Å². The van der Waals surface area contributed by atoms with E-state index in [2.05, 4.69) is 15.0 Å². The topological polar surface area (TPSA) is 87.6 Å². The summed E-state index contributed by atoms with van der Waals surface area (Å²) >= 11 is 0. The Bertz CT molecular complexity index is 498. The minimum Gasteiger partial charge on any atom is -0.369 e. The molecule has 0 bridgehead atoms. The van der Waals surface area contributed by atoms with Gasteiger partial charge in [-0.3, -0.25) is 9.78 Å². The number of hydrogen-bond donors (Lipinski definition) is 3. The summed E-state index contributed by atoms with van der Waals surface area (Å²) in [4.78, 5) is 20.8. The van der Waals surface area contributed by atoms with E-state index in [0.717, 1.165) is 12.0 Å². The fraction of sp³-hybridized carbons (Fsp3) is 0.400. The highest BCUT2D eigenvalue weighted by Gasteiger charge is 2.07. The highest BCUT2D eigenvalue weighted by molar-refractivity contribution is 5.79. The minimum atomic E-state index is -0.180. The van der Waals surface area contributed by atoms with Crippen LogP contribution >= 0.6 is 0 Å². The fourth-order valence-corrected chi connectivity index (χ4v) is 1.40. The monoisotopic (exact) mass is 208 g/mol. The molecule has 5 heteroatoms. The molecule has 15 heavy (non-hydrogen) atoms. The van der Waals surface area contributed by atoms with Gasteiger partial charge in [-0.2, -0.15) is 4.98 Å². The molecule has 0 atom stereocenters. The van der Waals surface area contributed by atoms with Gasteiger partial charge >= 0.3 is 0 Å². The second-order valence-electron chi connectivity index (χ2n) is 2.84. The average Bonchev–Trinajstić information content (AvgIpc) is 2.63. The first-order valence-corrected chi connectivity index (χ1v) is 5.08. The maximum atomic E-state index is 11.4. The van der Waals surface area contributed by atoms with Crippen molar-refractivity contribution in [3.05, 3.63) is 22.1 Å². The number of aromatic amines is 2. The third-order valence-corrected chi connectivity index (χ3v) is 2.02. The number of H-pyrrole nitrogens is 2. The molecule has 0 saturated heterocycles. The molecule has 82 valence electrons. The number of aromatic nitrogens is 3. The number of nitrogens with two attached hydrogens (primary N) is 1. The van der Waals surface area contributed by atoms with Crippen LogP contribution in [0.5, 0.6) is 0 Å². The number of hydrogen-bond acceptors (Lipinski definition) is 3. The Morgan fingerprint density at radius 3 is 2.73 bits per heavy atom. The van der Waals surface area contributed by atoms with Gasteiger partial charge in [-0.15, -0.1) is 0 Å². The number of nitrogens with zero attached hydrogens (tertiary/aromatic N) is 1. The van der Waals surface area contributed by atoms with Gasteiger partial charge in [-0.1, -0.05) is 20.8 Å². The van der Waals surface area contributed by atoms with Crippen LogP contribution in [0.25, 0.3) is 11.0 Å². The van der Waals surface area contributed by atoms with Gasteiger partial charge in [0.15, 0.2) is 0 Å². The number of nitrogens with one attached hydrogen (secondary N) is 2. The number of rotatable bonds is 1. The largest absolute Gasteiger partial charge is 0.369 e. The molecule has 0 aliphatic carbocycles. The number of aryl methyl sites for hydroxylation is 1. The van der Waals surface area contributed by atoms with E-state index in [1.165, 1.54) is 0 Å². The van der Waals surface area contributed by atoms with Gasteiger partial charge in [0, 0.05) is 6.20 Å². The van der Waals surface area contributed by atoms with Crippen molar-refractivity contribution < 1.29 is 0 Å². The van der Waals surface area contributed by atoms with Crippen molar-refractivity contribution in [3.8, 4) is 0 Å². The Morgan fingerprint density at radius 1 is 1.47 bits per heavy atom. The highest BCUT2D eigenvalue weighted by atomic mass is 16.1. The quantitative estimate of drug-likeness (QED) is 0.662. The lowest BCUT2D eigenvalue weighted by Gasteiger charge is -1.93. The van der Waals surface area contributed by atoms with E-state index >= 15 is 0 Å². The Balaban J connectivity index is 0.000000531. The molecule has 0 aliphatic rings. The highest BCUT2D eigenvalue weighted by Crippen LogP contribution is 2.12. The third-order valence-electron chi connectivity index (χ3n) is 2.02. The predicted octanol–water partition coefficient (Wildman–Crippen LogP) is 1.42. The first-order chi connectivity index (χ1) is 7.22. The van der Waals surface area contributed by atoms with Crippen molar-refractivity contribution >= 4 is 17.0 Å². The molecule has 0 aliphatic heterocycles. The first kappa shape index (κ1) is 11.3. The lowest BCUT2D eigenvalue weighted by Crippen LogP contribution is -2.11. The van der Waals surface area contributed by atoms with Gasteiger partial charge in [0.2, 0.25) is 5.95 Å². The van der Waals surface area contributed by atoms with E-state index < -0.39 is 0 Å². The maximum absolute atomic E-state index is 11.4. The van der Waals surface area contributed by atoms with E-state index in [1.54, 1.807) is 6.20 Å². The van der Waals surface area contributed by atoms with E-state index in [-0.39, 0.29) is 11.5 Å². The van der Waals surface area contributed by atoms with Crippen LogP contribution in [0.15, 0.2) is 11.0 Å². The van der Waals surface area contributed by atoms with Crippen LogP contribution in [0.2, 0.25) is 0 Å². The fourth-order valence-electron chi connectivity index (χ4n) is 1.40. The molecule has 2 heterocycles. The first-order valence-electron chi connectivity index (χ1n) is 5.08. The SMILES string of the molecule is CC.CCc1c[nH]c2nc(N)[nH]c(=O)c12. The average molecular weight is 208 g/mol. The normalized spacial score (nSPS) is 9.80. The van der Waals surface area contributed by atoms with Crippen LogP contribution in [0, 0.1) is 0 Å². The number of anilines is 1. The molecule has 2 aromatic rings. The molecule has 0 amide bonds. The van der Waals surface area contributed by atoms with E-state index in [9.17, 15) is 4.79 Å². The van der Waals surface area contributed by atoms with Gasteiger partial charge in [0.1, 0.15) is 5.65 Å². The molecule has 0 saturated carbocycles. The van der Waals surface area contributed by atoms with Crippen molar-refractivity contribution in [2.24, 2.45) is 0 Å². The second-order valence-corrected chi connectivity index (χ2v) is 2.84. The smallest absolute Gasteiger partial charge is 0.262 e. The van der Waals surface area contributed by atoms with Crippen LogP contribution in [0.4, 0.5) is 5.95 Å². The Hall–Kier alpha value is -1.78. The summed E-state index contributed by atoms with van der Waals surface area (Å²) in [5.41, 5.74) is 6.72. The van der Waals surface area contributed by atoms with E-state index in [1.807, 2.05) is 20.8 Å². The van der Waals surface area contributed by atoms with Crippen molar-refractivity contribution in [1.82, 2.24) is 15.0 Å². The summed E-state index contributed by atoms with van der Waals surface area (Å²) < 4.78 is 0. The molecule has 2 rings (SSSR count). The summed E-state index contributed by atoms with van der Waals surface area (Å²) in [5.74, 6) is 0.141. The van der Waals surface area contributed by atoms with Gasteiger partial charge in [0.25, 0.3) is 5.56 Å². The Labute approximate surface area is 87.7 Å². The van der Waals surface area contributed by atoms with Crippen molar-refractivity contribution in [2.45, 2.75) is 27.2 Å². The van der Waals surface area contributed by atoms with Gasteiger partial charge in [-0.05, 0) is 12.0 Å². The molecule has 5 nitrogen and oxygen atoms in total. The molecule has 2 aromatic heterocycles. The Kier molecular flexibility index (Phi) is 3.49. The van der Waals surface area contributed by atoms with Crippen LogP contribution < -0.4 is 11.3 Å². The Morgan fingerprint density at radius 2 is 2.13 bits per heavy atom. The predicted molar refractivity (Wildman–Crippen MR) is 61.9 cm³/mol. The summed E-state index contributed by atoms with van der Waals surface area (Å²) in [7, 11) is 0. The zero-order valence-corrected chi connectivity index (χ0v) is 9.22. The summed E-state index contributed by atoms with van der Waals surface area (Å²) in [6.45, 7) is 5.98. The van der Waals surface area contributed by atoms with Crippen LogP contribution in [0.3, 0.4) is 0 Å². The molecule has 4 N–H and O–H groups in total. The minimum absolute atomic E-state index is 0.141. The van der Waals surface area contributed by atoms with Gasteiger partial charge in [0.05, 0.1) is 5.39 Å². The molecule has 0 spiro atoms. The summed E-state index contributed by atoms with van der Waals surface area (Å²) in [5, 5.41) is 0.608. The van der Waals surface area contributed by atoms with Crippen LogP contribution in [-0.2, 0) is 6.42 Å². The molecule has 0 radical (unpaired) electrons. The lowest BCUT2D eigenvalue weighted by molar-refractivity contribution is 1.14. The number of nitrogen functional groups attached to an aromatic ring is 1. The zero-order valence-electron chi connectivity index (χ0n) is 9.22. The molecular weight excluding hydrogens is 192 g/mol. The third kappa shape index (κ3) is 2.01. The second kappa shape index (κ2) is 4.63.